The molecule has 0 aliphatic rings. The molecule has 2 heteroatoms. The zero-order valence-corrected chi connectivity index (χ0v) is 7.72. The molecule has 1 aromatic carbocycles. The first kappa shape index (κ1) is 8.91. The summed E-state index contributed by atoms with van der Waals surface area (Å²) in [6.07, 6.45) is 0.872. The fraction of sp³-hybridized carbons (Fsp3) is 0.400. The van der Waals surface area contributed by atoms with Gasteiger partial charge in [-0.2, -0.15) is 0 Å². The highest BCUT2D eigenvalue weighted by Gasteiger charge is 2.04. The van der Waals surface area contributed by atoms with Crippen LogP contribution in [0.4, 0.5) is 0 Å². The Bertz CT molecular complexity index is 250. The Hall–Kier alpha value is -1.18. The SMILES string of the molecule is CCc1cc(O)c(C)cc1OC. The molecule has 1 aromatic rings. The zero-order valence-electron chi connectivity index (χ0n) is 7.72. The van der Waals surface area contributed by atoms with E-state index in [1.54, 1.807) is 13.2 Å². The number of aromatic hydroxyl groups is 1. The van der Waals surface area contributed by atoms with Crippen molar-refractivity contribution in [2.24, 2.45) is 0 Å². The molecule has 1 N–H and O–H groups in total. The van der Waals surface area contributed by atoms with E-state index >= 15 is 0 Å². The van der Waals surface area contributed by atoms with Crippen molar-refractivity contribution in [3.8, 4) is 11.5 Å². The molecule has 12 heavy (non-hydrogen) atoms. The monoisotopic (exact) mass is 166 g/mol. The van der Waals surface area contributed by atoms with Gasteiger partial charge in [-0.15, -0.1) is 0 Å². The van der Waals surface area contributed by atoms with E-state index in [1.165, 1.54) is 0 Å². The van der Waals surface area contributed by atoms with Crippen LogP contribution in [0.5, 0.6) is 11.5 Å². The summed E-state index contributed by atoms with van der Waals surface area (Å²) >= 11 is 0. The highest BCUT2D eigenvalue weighted by molar-refractivity contribution is 5.45. The van der Waals surface area contributed by atoms with E-state index < -0.39 is 0 Å². The third kappa shape index (κ3) is 1.52. The molecule has 0 aromatic heterocycles. The van der Waals surface area contributed by atoms with Gasteiger partial charge in [-0.05, 0) is 36.6 Å². The molecule has 1 rings (SSSR count). The van der Waals surface area contributed by atoms with Gasteiger partial charge in [0.15, 0.2) is 0 Å². The largest absolute Gasteiger partial charge is 0.508 e. The fourth-order valence-electron chi connectivity index (χ4n) is 1.18. The number of phenols is 1. The molecule has 0 heterocycles. The number of phenolic OH excluding ortho intramolecular Hbond substituents is 1. The van der Waals surface area contributed by atoms with E-state index in [-0.39, 0.29) is 0 Å². The summed E-state index contributed by atoms with van der Waals surface area (Å²) in [6.45, 7) is 3.89. The van der Waals surface area contributed by atoms with E-state index in [9.17, 15) is 5.11 Å². The molecule has 0 saturated heterocycles. The lowest BCUT2D eigenvalue weighted by Crippen LogP contribution is -1.91. The lowest BCUT2D eigenvalue weighted by molar-refractivity contribution is 0.406. The molecule has 0 fully saturated rings. The van der Waals surface area contributed by atoms with Gasteiger partial charge in [0.05, 0.1) is 7.11 Å². The van der Waals surface area contributed by atoms with Gasteiger partial charge >= 0.3 is 0 Å². The van der Waals surface area contributed by atoms with Crippen LogP contribution < -0.4 is 4.74 Å². The minimum Gasteiger partial charge on any atom is -0.508 e. The van der Waals surface area contributed by atoms with Crippen LogP contribution in [0.25, 0.3) is 0 Å². The second-order valence-electron chi connectivity index (χ2n) is 2.80. The van der Waals surface area contributed by atoms with Crippen LogP contribution in [0.1, 0.15) is 18.1 Å². The van der Waals surface area contributed by atoms with Crippen molar-refractivity contribution in [3.63, 3.8) is 0 Å². The Balaban J connectivity index is 3.19. The number of hydrogen-bond donors (Lipinski definition) is 1. The fourth-order valence-corrected chi connectivity index (χ4v) is 1.18. The summed E-state index contributed by atoms with van der Waals surface area (Å²) in [6, 6.07) is 3.61. The topological polar surface area (TPSA) is 29.5 Å². The second kappa shape index (κ2) is 3.48. The predicted octanol–water partition coefficient (Wildman–Crippen LogP) is 2.27. The molecule has 0 amide bonds. The normalized spacial score (nSPS) is 9.92. The lowest BCUT2D eigenvalue weighted by Gasteiger charge is -2.08. The van der Waals surface area contributed by atoms with Gasteiger partial charge in [0.1, 0.15) is 11.5 Å². The van der Waals surface area contributed by atoms with Crippen LogP contribution in [0, 0.1) is 6.92 Å². The summed E-state index contributed by atoms with van der Waals surface area (Å²) in [5.74, 6) is 1.19. The second-order valence-corrected chi connectivity index (χ2v) is 2.80. The van der Waals surface area contributed by atoms with Gasteiger partial charge in [-0.25, -0.2) is 0 Å². The number of aryl methyl sites for hydroxylation is 2. The first-order chi connectivity index (χ1) is 5.69. The number of benzene rings is 1. The molecule has 2 nitrogen and oxygen atoms in total. The van der Waals surface area contributed by atoms with Crippen molar-refractivity contribution in [1.29, 1.82) is 0 Å². The summed E-state index contributed by atoms with van der Waals surface area (Å²) in [5, 5.41) is 9.40. The first-order valence-corrected chi connectivity index (χ1v) is 4.05. The van der Waals surface area contributed by atoms with Crippen LogP contribution in [-0.4, -0.2) is 12.2 Å². The standard InChI is InChI=1S/C10H14O2/c1-4-8-6-9(11)7(2)5-10(8)12-3/h5-6,11H,4H2,1-3H3. The average molecular weight is 166 g/mol. The van der Waals surface area contributed by atoms with Crippen LogP contribution in [0.2, 0.25) is 0 Å². The third-order valence-corrected chi connectivity index (χ3v) is 1.98. The minimum absolute atomic E-state index is 0.340. The van der Waals surface area contributed by atoms with E-state index in [0.29, 0.717) is 5.75 Å². The van der Waals surface area contributed by atoms with Crippen molar-refractivity contribution < 1.29 is 9.84 Å². The van der Waals surface area contributed by atoms with Crippen LogP contribution in [0.15, 0.2) is 12.1 Å². The highest BCUT2D eigenvalue weighted by atomic mass is 16.5. The van der Waals surface area contributed by atoms with Gasteiger partial charge in [0.25, 0.3) is 0 Å². The Kier molecular flexibility index (Phi) is 2.58. The maximum atomic E-state index is 9.40. The van der Waals surface area contributed by atoms with E-state index in [1.807, 2.05) is 19.9 Å². The summed E-state index contributed by atoms with van der Waals surface area (Å²) in [4.78, 5) is 0. The maximum absolute atomic E-state index is 9.40. The molecule has 0 atom stereocenters. The van der Waals surface area contributed by atoms with Gasteiger partial charge in [0, 0.05) is 0 Å². The summed E-state index contributed by atoms with van der Waals surface area (Å²) in [5.41, 5.74) is 1.89. The molecule has 0 unspecified atom stereocenters. The van der Waals surface area contributed by atoms with Gasteiger partial charge in [-0.3, -0.25) is 0 Å². The van der Waals surface area contributed by atoms with E-state index in [4.69, 9.17) is 4.74 Å². The Labute approximate surface area is 72.8 Å². The third-order valence-electron chi connectivity index (χ3n) is 1.98. The lowest BCUT2D eigenvalue weighted by atomic mass is 10.1. The molecule has 0 saturated carbocycles. The number of hydrogen-bond acceptors (Lipinski definition) is 2. The van der Waals surface area contributed by atoms with Gasteiger partial charge < -0.3 is 9.84 Å². The summed E-state index contributed by atoms with van der Waals surface area (Å²) < 4.78 is 5.16. The smallest absolute Gasteiger partial charge is 0.122 e. The number of rotatable bonds is 2. The average Bonchev–Trinajstić information content (AvgIpc) is 2.09. The Morgan fingerprint density at radius 1 is 1.42 bits per heavy atom. The molecule has 66 valence electrons. The number of methoxy groups -OCH3 is 1. The first-order valence-electron chi connectivity index (χ1n) is 4.05. The molecule has 0 radical (unpaired) electrons. The van der Waals surface area contributed by atoms with Crippen LogP contribution in [0.3, 0.4) is 0 Å². The van der Waals surface area contributed by atoms with Crippen LogP contribution in [-0.2, 0) is 6.42 Å². The van der Waals surface area contributed by atoms with E-state index in [0.717, 1.165) is 23.3 Å². The molecule has 0 aliphatic carbocycles. The van der Waals surface area contributed by atoms with Crippen molar-refractivity contribution >= 4 is 0 Å². The highest BCUT2D eigenvalue weighted by Crippen LogP contribution is 2.27. The minimum atomic E-state index is 0.340. The molecule has 0 aliphatic heterocycles. The Morgan fingerprint density at radius 2 is 2.08 bits per heavy atom. The molecule has 0 bridgehead atoms. The van der Waals surface area contributed by atoms with Crippen molar-refractivity contribution in [3.05, 3.63) is 23.3 Å². The van der Waals surface area contributed by atoms with Crippen molar-refractivity contribution in [2.75, 3.05) is 7.11 Å². The van der Waals surface area contributed by atoms with Gasteiger partial charge in [0.2, 0.25) is 0 Å². The van der Waals surface area contributed by atoms with E-state index in [2.05, 4.69) is 0 Å². The zero-order chi connectivity index (χ0) is 9.14. The quantitative estimate of drug-likeness (QED) is 0.730. The molecule has 0 spiro atoms. The predicted molar refractivity (Wildman–Crippen MR) is 48.8 cm³/mol. The van der Waals surface area contributed by atoms with Crippen molar-refractivity contribution in [2.45, 2.75) is 20.3 Å². The number of ether oxygens (including phenoxy) is 1. The summed E-state index contributed by atoms with van der Waals surface area (Å²) in [7, 11) is 1.64. The Morgan fingerprint density at radius 3 is 2.58 bits per heavy atom. The molecular weight excluding hydrogens is 152 g/mol. The van der Waals surface area contributed by atoms with Gasteiger partial charge in [-0.1, -0.05) is 6.92 Å². The van der Waals surface area contributed by atoms with Crippen molar-refractivity contribution in [1.82, 2.24) is 0 Å². The van der Waals surface area contributed by atoms with Crippen LogP contribution >= 0.6 is 0 Å². The maximum Gasteiger partial charge on any atom is 0.122 e. The molecular formula is C10H14O2.